The number of amides is 2. The highest BCUT2D eigenvalue weighted by Gasteiger charge is 2.19. The van der Waals surface area contributed by atoms with Crippen LogP contribution in [0.4, 0.5) is 4.79 Å². The Morgan fingerprint density at radius 3 is 2.39 bits per heavy atom. The van der Waals surface area contributed by atoms with E-state index in [0.29, 0.717) is 28.1 Å². The number of hydrogen-bond acceptors (Lipinski definition) is 8. The maximum Gasteiger partial charge on any atom is 0.407 e. The Morgan fingerprint density at radius 1 is 1.00 bits per heavy atom. The van der Waals surface area contributed by atoms with Gasteiger partial charge in [-0.2, -0.15) is 5.10 Å². The molecule has 10 nitrogen and oxygen atoms in total. The Labute approximate surface area is 218 Å². The van der Waals surface area contributed by atoms with Crippen molar-refractivity contribution < 1.29 is 33.3 Å². The predicted octanol–water partition coefficient (Wildman–Crippen LogP) is 4.12. The maximum absolute atomic E-state index is 12.5. The summed E-state index contributed by atoms with van der Waals surface area (Å²) in [7, 11) is 0. The molecule has 2 rings (SSSR count). The Kier molecular flexibility index (Phi) is 12.3. The quantitative estimate of drug-likeness (QED) is 0.213. The zero-order chi connectivity index (χ0) is 26.3. The lowest BCUT2D eigenvalue weighted by Crippen LogP contribution is -2.33. The summed E-state index contributed by atoms with van der Waals surface area (Å²) in [6.45, 7) is 5.81. The third kappa shape index (κ3) is 9.57. The van der Waals surface area contributed by atoms with Crippen LogP contribution < -0.4 is 20.2 Å². The molecule has 0 aliphatic heterocycles. The van der Waals surface area contributed by atoms with Gasteiger partial charge in [-0.3, -0.25) is 4.79 Å². The largest absolute Gasteiger partial charge is 0.490 e. The second-order valence-electron chi connectivity index (χ2n) is 7.18. The zero-order valence-corrected chi connectivity index (χ0v) is 22.0. The zero-order valence-electron chi connectivity index (χ0n) is 20.4. The third-order valence-electron chi connectivity index (χ3n) is 4.53. The first kappa shape index (κ1) is 28.6. The van der Waals surface area contributed by atoms with E-state index >= 15 is 0 Å². The van der Waals surface area contributed by atoms with Crippen molar-refractivity contribution in [2.75, 3.05) is 26.4 Å². The summed E-state index contributed by atoms with van der Waals surface area (Å²) in [6, 6.07) is 11.9. The Bertz CT molecular complexity index is 1050. The van der Waals surface area contributed by atoms with Crippen LogP contribution in [-0.4, -0.2) is 50.6 Å². The summed E-state index contributed by atoms with van der Waals surface area (Å²) in [6.07, 6.45) is 0.784. The van der Waals surface area contributed by atoms with Gasteiger partial charge >= 0.3 is 12.1 Å². The highest BCUT2D eigenvalue weighted by molar-refractivity contribution is 9.10. The van der Waals surface area contributed by atoms with Crippen molar-refractivity contribution in [2.24, 2.45) is 5.10 Å². The van der Waals surface area contributed by atoms with Gasteiger partial charge in [-0.15, -0.1) is 0 Å². The molecule has 194 valence electrons. The summed E-state index contributed by atoms with van der Waals surface area (Å²) in [5.41, 5.74) is 3.83. The molecule has 0 saturated carbocycles. The summed E-state index contributed by atoms with van der Waals surface area (Å²) in [4.78, 5) is 36.1. The van der Waals surface area contributed by atoms with Crippen molar-refractivity contribution in [3.05, 3.63) is 58.1 Å². The predicted molar refractivity (Wildman–Crippen MR) is 137 cm³/mol. The highest BCUT2D eigenvalue weighted by atomic mass is 79.9. The molecule has 0 aromatic heterocycles. The van der Waals surface area contributed by atoms with E-state index < -0.39 is 24.0 Å². The number of rotatable bonds is 13. The first-order valence-corrected chi connectivity index (χ1v) is 12.2. The van der Waals surface area contributed by atoms with Crippen LogP contribution in [0, 0.1) is 0 Å². The number of alkyl carbamates (subject to hydrolysis) is 1. The molecule has 1 atom stereocenters. The second-order valence-corrected chi connectivity index (χ2v) is 8.04. The second kappa shape index (κ2) is 15.4. The minimum atomic E-state index is -0.610. The molecule has 0 unspecified atom stereocenters. The maximum atomic E-state index is 12.5. The van der Waals surface area contributed by atoms with Gasteiger partial charge in [0, 0.05) is 0 Å². The van der Waals surface area contributed by atoms with Gasteiger partial charge in [0.1, 0.15) is 0 Å². The average Bonchev–Trinajstić information content (AvgIpc) is 2.84. The molecule has 36 heavy (non-hydrogen) atoms. The molecule has 0 saturated heterocycles. The molecular weight excluding hydrogens is 534 g/mol. The molecule has 0 radical (unpaired) electrons. The third-order valence-corrected chi connectivity index (χ3v) is 5.12. The van der Waals surface area contributed by atoms with Crippen molar-refractivity contribution in [3.63, 3.8) is 0 Å². The van der Waals surface area contributed by atoms with E-state index in [1.807, 2.05) is 37.3 Å². The van der Waals surface area contributed by atoms with Gasteiger partial charge in [0.25, 0.3) is 0 Å². The van der Waals surface area contributed by atoms with Gasteiger partial charge in [0.15, 0.2) is 18.1 Å². The number of hydrogen-bond donors (Lipinski definition) is 2. The number of nitrogens with one attached hydrogen (secondary N) is 2. The smallest absolute Gasteiger partial charge is 0.407 e. The van der Waals surface area contributed by atoms with Gasteiger partial charge < -0.3 is 24.3 Å². The molecular formula is C25H30BrN3O7. The number of benzene rings is 2. The Balaban J connectivity index is 2.07. The van der Waals surface area contributed by atoms with Gasteiger partial charge in [-0.1, -0.05) is 30.3 Å². The lowest BCUT2D eigenvalue weighted by Gasteiger charge is -2.18. The molecule has 0 spiro atoms. The summed E-state index contributed by atoms with van der Waals surface area (Å²) in [5.74, 6) is -0.157. The van der Waals surface area contributed by atoms with Gasteiger partial charge in [0.2, 0.25) is 5.91 Å². The van der Waals surface area contributed by atoms with Crippen molar-refractivity contribution in [1.82, 2.24) is 10.7 Å². The van der Waals surface area contributed by atoms with E-state index in [9.17, 15) is 14.4 Å². The van der Waals surface area contributed by atoms with Gasteiger partial charge in [-0.25, -0.2) is 15.0 Å². The number of ether oxygens (including phenoxy) is 4. The van der Waals surface area contributed by atoms with Crippen LogP contribution in [-0.2, 0) is 19.1 Å². The first-order valence-electron chi connectivity index (χ1n) is 11.4. The number of carbonyl (C=O) groups excluding carboxylic acids is 3. The Morgan fingerprint density at radius 2 is 1.72 bits per heavy atom. The van der Waals surface area contributed by atoms with E-state index in [1.165, 1.54) is 6.21 Å². The van der Waals surface area contributed by atoms with Crippen molar-refractivity contribution >= 4 is 40.1 Å². The Hall–Kier alpha value is -3.60. The molecule has 2 N–H and O–H groups in total. The van der Waals surface area contributed by atoms with Crippen molar-refractivity contribution in [2.45, 2.75) is 33.2 Å². The fourth-order valence-electron chi connectivity index (χ4n) is 3.06. The molecule has 0 bridgehead atoms. The molecule has 2 aromatic carbocycles. The molecule has 2 amide bonds. The van der Waals surface area contributed by atoms with Crippen molar-refractivity contribution in [1.29, 1.82) is 0 Å². The first-order chi connectivity index (χ1) is 17.4. The fourth-order valence-corrected chi connectivity index (χ4v) is 3.64. The van der Waals surface area contributed by atoms with E-state index in [0.717, 1.165) is 5.56 Å². The molecule has 0 aliphatic rings. The van der Waals surface area contributed by atoms with Crippen LogP contribution in [0.15, 0.2) is 52.0 Å². The molecule has 0 aliphatic carbocycles. The van der Waals surface area contributed by atoms with Gasteiger partial charge in [0.05, 0.1) is 43.0 Å². The SMILES string of the molecule is CCOC(=O)COc1c(Br)cc(/C=N\NC(=O)C[C@@H](NC(=O)OCC)c2ccccc2)cc1OCC. The average molecular weight is 564 g/mol. The van der Waals surface area contributed by atoms with Crippen LogP contribution in [0.3, 0.4) is 0 Å². The number of esters is 1. The molecule has 11 heteroatoms. The van der Waals surface area contributed by atoms with E-state index in [2.05, 4.69) is 31.8 Å². The standard InChI is InChI=1S/C25H30BrN3O7/c1-4-33-21-13-17(12-19(26)24(21)36-16-23(31)34-5-2)15-27-29-22(30)14-20(28-25(32)35-6-3)18-10-8-7-9-11-18/h7-13,15,20H,4-6,14,16H2,1-3H3,(H,28,32)(H,29,30)/b27-15-/t20-/m1/s1. The van der Waals surface area contributed by atoms with Crippen molar-refractivity contribution in [3.8, 4) is 11.5 Å². The van der Waals surface area contributed by atoms with Gasteiger partial charge in [-0.05, 0) is 60.0 Å². The van der Waals surface area contributed by atoms with E-state index in [1.54, 1.807) is 26.0 Å². The van der Waals surface area contributed by atoms with Crippen LogP contribution in [0.1, 0.15) is 44.4 Å². The monoisotopic (exact) mass is 563 g/mol. The summed E-state index contributed by atoms with van der Waals surface area (Å²) >= 11 is 3.41. The summed E-state index contributed by atoms with van der Waals surface area (Å²) in [5, 5.41) is 6.71. The minimum absolute atomic E-state index is 0.0469. The number of halogens is 1. The van der Waals surface area contributed by atoms with E-state index in [4.69, 9.17) is 18.9 Å². The lowest BCUT2D eigenvalue weighted by atomic mass is 10.0. The highest BCUT2D eigenvalue weighted by Crippen LogP contribution is 2.36. The minimum Gasteiger partial charge on any atom is -0.490 e. The number of hydrazone groups is 1. The van der Waals surface area contributed by atoms with Crippen LogP contribution in [0.5, 0.6) is 11.5 Å². The normalized spacial score (nSPS) is 11.4. The number of carbonyl (C=O) groups is 3. The topological polar surface area (TPSA) is 125 Å². The fraction of sp³-hybridized carbons (Fsp3) is 0.360. The molecule has 0 heterocycles. The number of nitrogens with zero attached hydrogens (tertiary/aromatic N) is 1. The van der Waals surface area contributed by atoms with Crippen LogP contribution in [0.25, 0.3) is 0 Å². The van der Waals surface area contributed by atoms with E-state index in [-0.39, 0.29) is 26.2 Å². The molecule has 2 aromatic rings. The van der Waals surface area contributed by atoms with Crippen LogP contribution in [0.2, 0.25) is 0 Å². The molecule has 0 fully saturated rings. The summed E-state index contributed by atoms with van der Waals surface area (Å²) < 4.78 is 21.6. The van der Waals surface area contributed by atoms with Crippen LogP contribution >= 0.6 is 15.9 Å². The lowest BCUT2D eigenvalue weighted by molar-refractivity contribution is -0.145.